The topological polar surface area (TPSA) is 85.4 Å². The fourth-order valence-electron chi connectivity index (χ4n) is 2.47. The zero-order valence-corrected chi connectivity index (χ0v) is 16.2. The molecule has 3 rings (SSSR count). The molecule has 8 heteroatoms. The zero-order valence-electron chi connectivity index (χ0n) is 15.4. The van der Waals surface area contributed by atoms with Gasteiger partial charge >= 0.3 is 0 Å². The average Bonchev–Trinajstić information content (AvgIpc) is 2.74. The Morgan fingerprint density at radius 2 is 1.89 bits per heavy atom. The van der Waals surface area contributed by atoms with Crippen molar-refractivity contribution < 1.29 is 14.3 Å². The van der Waals surface area contributed by atoms with Gasteiger partial charge in [-0.2, -0.15) is 0 Å². The van der Waals surface area contributed by atoms with Crippen LogP contribution in [0.5, 0.6) is 11.5 Å². The van der Waals surface area contributed by atoms with Crippen molar-refractivity contribution in [1.29, 1.82) is 0 Å². The summed E-state index contributed by atoms with van der Waals surface area (Å²) >= 11 is 6.09. The van der Waals surface area contributed by atoms with Gasteiger partial charge in [-0.3, -0.25) is 9.78 Å². The van der Waals surface area contributed by atoms with E-state index < -0.39 is 0 Å². The quantitative estimate of drug-likeness (QED) is 0.625. The highest BCUT2D eigenvalue weighted by atomic mass is 35.5. The number of aromatic nitrogens is 2. The Morgan fingerprint density at radius 1 is 1.07 bits per heavy atom. The molecule has 0 bridgehead atoms. The predicted molar refractivity (Wildman–Crippen MR) is 108 cm³/mol. The molecule has 2 heterocycles. The van der Waals surface area contributed by atoms with Gasteiger partial charge in [0.25, 0.3) is 5.91 Å². The average molecular weight is 399 g/mol. The van der Waals surface area contributed by atoms with Gasteiger partial charge in [-0.1, -0.05) is 17.7 Å². The highest BCUT2D eigenvalue weighted by molar-refractivity contribution is 6.32. The van der Waals surface area contributed by atoms with Gasteiger partial charge in [0.2, 0.25) is 0 Å². The molecule has 0 aliphatic carbocycles. The fraction of sp³-hybridized carbons (Fsp3) is 0.150. The lowest BCUT2D eigenvalue weighted by Gasteiger charge is -2.13. The van der Waals surface area contributed by atoms with Crippen molar-refractivity contribution in [2.45, 2.75) is 6.54 Å². The van der Waals surface area contributed by atoms with Crippen molar-refractivity contribution in [2.24, 2.45) is 0 Å². The monoisotopic (exact) mass is 398 g/mol. The molecule has 3 aromatic rings. The first kappa shape index (κ1) is 19.4. The number of ether oxygens (including phenoxy) is 2. The number of benzene rings is 1. The molecule has 0 saturated heterocycles. The minimum absolute atomic E-state index is 0.327. The molecule has 2 N–H and O–H groups in total. The minimum atomic E-state index is -0.327. The first-order valence-electron chi connectivity index (χ1n) is 8.43. The van der Waals surface area contributed by atoms with Crippen molar-refractivity contribution in [1.82, 2.24) is 9.97 Å². The molecule has 7 nitrogen and oxygen atoms in total. The first-order chi connectivity index (χ1) is 13.6. The number of methoxy groups -OCH3 is 2. The van der Waals surface area contributed by atoms with E-state index in [0.29, 0.717) is 40.1 Å². The van der Waals surface area contributed by atoms with E-state index in [9.17, 15) is 4.79 Å². The van der Waals surface area contributed by atoms with Crippen LogP contribution >= 0.6 is 11.6 Å². The number of carbonyl (C=O) groups excluding carboxylic acids is 1. The summed E-state index contributed by atoms with van der Waals surface area (Å²) in [6, 6.07) is 12.3. The molecular weight excluding hydrogens is 380 g/mol. The molecule has 0 aliphatic heterocycles. The number of rotatable bonds is 7. The number of pyridine rings is 2. The van der Waals surface area contributed by atoms with Gasteiger partial charge < -0.3 is 20.1 Å². The second kappa shape index (κ2) is 9.05. The summed E-state index contributed by atoms with van der Waals surface area (Å²) in [6.45, 7) is 0.543. The number of nitrogens with zero attached hydrogens (tertiary/aromatic N) is 2. The van der Waals surface area contributed by atoms with E-state index in [0.717, 1.165) is 5.69 Å². The molecule has 1 aromatic carbocycles. The van der Waals surface area contributed by atoms with E-state index in [1.807, 2.05) is 18.2 Å². The van der Waals surface area contributed by atoms with Crippen LogP contribution in [0.25, 0.3) is 0 Å². The van der Waals surface area contributed by atoms with Crippen molar-refractivity contribution in [2.75, 3.05) is 24.9 Å². The van der Waals surface area contributed by atoms with Gasteiger partial charge in [0.1, 0.15) is 17.3 Å². The standard InChI is InChI=1S/C20H19ClN4O3/c1-27-17-10-16(18(28-2)9-15(17)21)25-20(26)13-6-7-19(23-11-13)24-12-14-5-3-4-8-22-14/h3-11H,12H2,1-2H3,(H,23,24)(H,25,26). The van der Waals surface area contributed by atoms with Gasteiger partial charge in [-0.05, 0) is 24.3 Å². The lowest BCUT2D eigenvalue weighted by Crippen LogP contribution is -2.13. The van der Waals surface area contributed by atoms with Crippen molar-refractivity contribution in [3.8, 4) is 11.5 Å². The Balaban J connectivity index is 1.68. The third kappa shape index (κ3) is 4.69. The van der Waals surface area contributed by atoms with Gasteiger partial charge in [0.05, 0.1) is 42.7 Å². The number of carbonyl (C=O) groups is 1. The van der Waals surface area contributed by atoms with Crippen LogP contribution in [-0.4, -0.2) is 30.1 Å². The predicted octanol–water partition coefficient (Wildman–Crippen LogP) is 4.01. The second-order valence-corrected chi connectivity index (χ2v) is 6.16. The molecule has 2 aromatic heterocycles. The molecule has 1 amide bonds. The largest absolute Gasteiger partial charge is 0.495 e. The smallest absolute Gasteiger partial charge is 0.257 e. The van der Waals surface area contributed by atoms with E-state index >= 15 is 0 Å². The van der Waals surface area contributed by atoms with Crippen LogP contribution < -0.4 is 20.1 Å². The molecule has 0 spiro atoms. The van der Waals surface area contributed by atoms with Crippen molar-refractivity contribution in [3.63, 3.8) is 0 Å². The number of hydrogen-bond acceptors (Lipinski definition) is 6. The Labute approximate surface area is 167 Å². The molecule has 0 aliphatic rings. The Morgan fingerprint density at radius 3 is 2.54 bits per heavy atom. The molecule has 0 fully saturated rings. The molecule has 0 unspecified atom stereocenters. The number of amides is 1. The maximum absolute atomic E-state index is 12.5. The summed E-state index contributed by atoms with van der Waals surface area (Å²) in [7, 11) is 3.00. The minimum Gasteiger partial charge on any atom is -0.495 e. The molecule has 0 radical (unpaired) electrons. The van der Waals surface area contributed by atoms with E-state index in [2.05, 4.69) is 20.6 Å². The summed E-state index contributed by atoms with van der Waals surface area (Å²) in [4.78, 5) is 21.1. The number of hydrogen-bond donors (Lipinski definition) is 2. The number of halogens is 1. The Kier molecular flexibility index (Phi) is 6.29. The van der Waals surface area contributed by atoms with Gasteiger partial charge in [0.15, 0.2) is 0 Å². The Bertz CT molecular complexity index is 950. The third-order valence-corrected chi connectivity index (χ3v) is 4.22. The summed E-state index contributed by atoms with van der Waals surface area (Å²) in [6.07, 6.45) is 3.23. The van der Waals surface area contributed by atoms with E-state index in [1.54, 1.807) is 30.5 Å². The van der Waals surface area contributed by atoms with Crippen LogP contribution in [0.1, 0.15) is 16.1 Å². The second-order valence-electron chi connectivity index (χ2n) is 5.75. The summed E-state index contributed by atoms with van der Waals surface area (Å²) in [5.41, 5.74) is 1.75. The van der Waals surface area contributed by atoms with Crippen molar-refractivity contribution >= 4 is 29.0 Å². The molecular formula is C20H19ClN4O3. The summed E-state index contributed by atoms with van der Waals surface area (Å²) in [5.74, 6) is 1.19. The van der Waals surface area contributed by atoms with Crippen LogP contribution in [0, 0.1) is 0 Å². The van der Waals surface area contributed by atoms with Crippen LogP contribution in [0.4, 0.5) is 11.5 Å². The van der Waals surface area contributed by atoms with Crippen LogP contribution in [-0.2, 0) is 6.54 Å². The molecule has 28 heavy (non-hydrogen) atoms. The number of anilines is 2. The molecule has 0 saturated carbocycles. The van der Waals surface area contributed by atoms with Gasteiger partial charge in [-0.25, -0.2) is 4.98 Å². The molecule has 0 atom stereocenters. The SMILES string of the molecule is COc1cc(NC(=O)c2ccc(NCc3ccccn3)nc2)c(OC)cc1Cl. The maximum Gasteiger partial charge on any atom is 0.257 e. The maximum atomic E-state index is 12.5. The van der Waals surface area contributed by atoms with Crippen LogP contribution in [0.2, 0.25) is 5.02 Å². The lowest BCUT2D eigenvalue weighted by molar-refractivity contribution is 0.102. The lowest BCUT2D eigenvalue weighted by atomic mass is 10.2. The van der Waals surface area contributed by atoms with E-state index in [4.69, 9.17) is 21.1 Å². The fourth-order valence-corrected chi connectivity index (χ4v) is 2.70. The third-order valence-electron chi connectivity index (χ3n) is 3.92. The summed E-state index contributed by atoms with van der Waals surface area (Å²) in [5, 5.41) is 6.33. The van der Waals surface area contributed by atoms with Crippen molar-refractivity contribution in [3.05, 3.63) is 71.1 Å². The van der Waals surface area contributed by atoms with E-state index in [1.165, 1.54) is 20.4 Å². The first-order valence-corrected chi connectivity index (χ1v) is 8.81. The van der Waals surface area contributed by atoms with E-state index in [-0.39, 0.29) is 5.91 Å². The highest BCUT2D eigenvalue weighted by Crippen LogP contribution is 2.36. The highest BCUT2D eigenvalue weighted by Gasteiger charge is 2.14. The van der Waals surface area contributed by atoms with Gasteiger partial charge in [-0.15, -0.1) is 0 Å². The summed E-state index contributed by atoms with van der Waals surface area (Å²) < 4.78 is 10.5. The van der Waals surface area contributed by atoms with Crippen LogP contribution in [0.3, 0.4) is 0 Å². The number of nitrogens with one attached hydrogen (secondary N) is 2. The molecule has 144 valence electrons. The van der Waals surface area contributed by atoms with Crippen LogP contribution in [0.15, 0.2) is 54.9 Å². The normalized spacial score (nSPS) is 10.2. The van der Waals surface area contributed by atoms with Gasteiger partial charge in [0, 0.05) is 24.5 Å². The Hall–Kier alpha value is -3.32. The zero-order chi connectivity index (χ0) is 19.9.